The molecule has 1 amide bonds. The van der Waals surface area contributed by atoms with Crippen LogP contribution in [-0.2, 0) is 6.61 Å². The Morgan fingerprint density at radius 3 is 2.50 bits per heavy atom. The van der Waals surface area contributed by atoms with E-state index in [0.29, 0.717) is 18.7 Å². The van der Waals surface area contributed by atoms with Crippen LogP contribution in [0.3, 0.4) is 0 Å². The van der Waals surface area contributed by atoms with Crippen LogP contribution < -0.4 is 19.9 Å². The van der Waals surface area contributed by atoms with Gasteiger partial charge in [-0.25, -0.2) is 4.39 Å². The number of pyridine rings is 1. The minimum atomic E-state index is -0.473. The van der Waals surface area contributed by atoms with Crippen LogP contribution in [0, 0.1) is 5.82 Å². The van der Waals surface area contributed by atoms with Gasteiger partial charge in [0, 0.05) is 30.4 Å². The van der Waals surface area contributed by atoms with E-state index in [1.165, 1.54) is 18.2 Å². The molecule has 1 unspecified atom stereocenters. The van der Waals surface area contributed by atoms with Gasteiger partial charge in [0.1, 0.15) is 37.5 Å². The number of nitrogens with zero attached hydrogens (tertiary/aromatic N) is 3. The lowest BCUT2D eigenvalue weighted by molar-refractivity contribution is 0.0679. The van der Waals surface area contributed by atoms with Gasteiger partial charge in [0.15, 0.2) is 11.4 Å². The molecule has 0 aliphatic carbocycles. The minimum Gasteiger partial charge on any atom is -0.489 e. The maximum absolute atomic E-state index is 14.4. The summed E-state index contributed by atoms with van der Waals surface area (Å²) in [5.41, 5.74) is 2.30. The molecule has 2 aliphatic rings. The van der Waals surface area contributed by atoms with E-state index in [4.69, 9.17) is 9.47 Å². The summed E-state index contributed by atoms with van der Waals surface area (Å²) in [5, 5.41) is 1.99. The number of fused-ring (bicyclic) bond motifs is 5. The Bertz CT molecular complexity index is 1600. The first-order chi connectivity index (χ1) is 19.6. The van der Waals surface area contributed by atoms with E-state index >= 15 is 0 Å². The van der Waals surface area contributed by atoms with Gasteiger partial charge >= 0.3 is 0 Å². The number of aromatic nitrogens is 1. The van der Waals surface area contributed by atoms with Crippen molar-refractivity contribution in [3.63, 3.8) is 0 Å². The van der Waals surface area contributed by atoms with Crippen molar-refractivity contribution in [2.45, 2.75) is 19.1 Å². The largest absolute Gasteiger partial charge is 0.489 e. The lowest BCUT2D eigenvalue weighted by Crippen LogP contribution is -2.55. The molecule has 4 aromatic rings. The fourth-order valence-corrected chi connectivity index (χ4v) is 5.18. The Morgan fingerprint density at radius 1 is 0.925 bits per heavy atom. The highest BCUT2D eigenvalue weighted by atomic mass is 19.1. The fourth-order valence-electron chi connectivity index (χ4n) is 5.18. The molecule has 0 spiro atoms. The number of halogens is 1. The molecule has 3 aromatic carbocycles. The van der Waals surface area contributed by atoms with Crippen molar-refractivity contribution in [3.05, 3.63) is 142 Å². The van der Waals surface area contributed by atoms with Crippen LogP contribution in [0.2, 0.25) is 0 Å². The molecule has 40 heavy (non-hydrogen) atoms. The quantitative estimate of drug-likeness (QED) is 0.341. The zero-order chi connectivity index (χ0) is 27.5. The molecular formula is C32H28FN3O4. The molecule has 1 aromatic heterocycles. The van der Waals surface area contributed by atoms with Crippen molar-refractivity contribution in [1.82, 2.24) is 9.58 Å². The topological polar surface area (TPSA) is 64.0 Å². The zero-order valence-corrected chi connectivity index (χ0v) is 21.8. The molecule has 1 atom stereocenters. The Balaban J connectivity index is 1.54. The standard InChI is InChI=1S/C32H28FN3O4/c33-25-14-15-26-28(20-25)39-19-9-3-8-17-34-22-36(29(26)24-12-6-2-7-13-24)35-18-16-27(37)31(30(35)32(34)38)40-21-23-10-4-1-5-11-23/h1-7,9-16,18,20,29H,8,17,19,21-22H2. The second kappa shape index (κ2) is 11.1. The number of benzene rings is 3. The number of rotatable bonds is 4. The normalized spacial score (nSPS) is 16.7. The third-order valence-electron chi connectivity index (χ3n) is 7.09. The zero-order valence-electron chi connectivity index (χ0n) is 21.8. The molecule has 0 fully saturated rings. The molecule has 2 bridgehead atoms. The Hall–Kier alpha value is -4.85. The van der Waals surface area contributed by atoms with Crippen LogP contribution in [0.5, 0.6) is 11.5 Å². The van der Waals surface area contributed by atoms with Gasteiger partial charge in [-0.15, -0.1) is 0 Å². The highest BCUT2D eigenvalue weighted by Crippen LogP contribution is 2.37. The minimum absolute atomic E-state index is 0.00363. The second-order valence-corrected chi connectivity index (χ2v) is 9.69. The van der Waals surface area contributed by atoms with Gasteiger partial charge < -0.3 is 14.4 Å². The summed E-state index contributed by atoms with van der Waals surface area (Å²) in [6, 6.07) is 24.7. The predicted octanol–water partition coefficient (Wildman–Crippen LogP) is 5.05. The molecule has 7 nitrogen and oxygen atoms in total. The lowest BCUT2D eigenvalue weighted by Gasteiger charge is -2.44. The summed E-state index contributed by atoms with van der Waals surface area (Å²) < 4.78 is 28.2. The number of carbonyl (C=O) groups excluding carboxylic acids is 1. The van der Waals surface area contributed by atoms with E-state index < -0.39 is 11.9 Å². The Kier molecular flexibility index (Phi) is 7.06. The van der Waals surface area contributed by atoms with Gasteiger partial charge in [-0.1, -0.05) is 72.8 Å². The van der Waals surface area contributed by atoms with Gasteiger partial charge in [-0.05, 0) is 29.7 Å². The average Bonchev–Trinajstić information content (AvgIpc) is 2.97. The van der Waals surface area contributed by atoms with Gasteiger partial charge in [-0.2, -0.15) is 0 Å². The molecule has 8 heteroatoms. The number of amides is 1. The summed E-state index contributed by atoms with van der Waals surface area (Å²) in [4.78, 5) is 28.8. The molecule has 0 saturated heterocycles. The molecule has 0 N–H and O–H groups in total. The number of ether oxygens (including phenoxy) is 2. The first-order valence-electron chi connectivity index (χ1n) is 13.2. The molecule has 202 valence electrons. The third kappa shape index (κ3) is 4.96. The van der Waals surface area contributed by atoms with Crippen molar-refractivity contribution in [2.75, 3.05) is 24.8 Å². The van der Waals surface area contributed by atoms with Crippen LogP contribution in [0.4, 0.5) is 4.39 Å². The molecular weight excluding hydrogens is 509 g/mol. The highest BCUT2D eigenvalue weighted by Gasteiger charge is 2.37. The van der Waals surface area contributed by atoms with Gasteiger partial charge in [0.2, 0.25) is 5.43 Å². The summed E-state index contributed by atoms with van der Waals surface area (Å²) in [7, 11) is 0. The third-order valence-corrected chi connectivity index (χ3v) is 7.09. The van der Waals surface area contributed by atoms with Gasteiger partial charge in [0.25, 0.3) is 5.91 Å². The monoisotopic (exact) mass is 537 g/mol. The van der Waals surface area contributed by atoms with E-state index in [0.717, 1.165) is 16.7 Å². The molecule has 0 saturated carbocycles. The van der Waals surface area contributed by atoms with Crippen LogP contribution in [0.1, 0.15) is 39.6 Å². The Morgan fingerprint density at radius 2 is 1.70 bits per heavy atom. The van der Waals surface area contributed by atoms with Crippen molar-refractivity contribution >= 4 is 5.91 Å². The van der Waals surface area contributed by atoms with Crippen molar-refractivity contribution in [3.8, 4) is 11.5 Å². The molecule has 0 radical (unpaired) electrons. The van der Waals surface area contributed by atoms with Crippen LogP contribution in [0.25, 0.3) is 0 Å². The van der Waals surface area contributed by atoms with E-state index in [2.05, 4.69) is 0 Å². The summed E-state index contributed by atoms with van der Waals surface area (Å²) >= 11 is 0. The number of hydrogen-bond acceptors (Lipinski definition) is 5. The highest BCUT2D eigenvalue weighted by molar-refractivity contribution is 5.96. The fraction of sp³-hybridized carbons (Fsp3) is 0.188. The smallest absolute Gasteiger partial charge is 0.277 e. The average molecular weight is 538 g/mol. The second-order valence-electron chi connectivity index (χ2n) is 9.69. The van der Waals surface area contributed by atoms with Gasteiger partial charge in [0.05, 0.1) is 0 Å². The molecule has 3 heterocycles. The first-order valence-corrected chi connectivity index (χ1v) is 13.2. The first kappa shape index (κ1) is 25.4. The predicted molar refractivity (Wildman–Crippen MR) is 150 cm³/mol. The van der Waals surface area contributed by atoms with Crippen LogP contribution in [0.15, 0.2) is 108 Å². The van der Waals surface area contributed by atoms with Crippen molar-refractivity contribution in [2.24, 2.45) is 0 Å². The van der Waals surface area contributed by atoms with E-state index in [1.54, 1.807) is 21.8 Å². The van der Waals surface area contributed by atoms with E-state index in [9.17, 15) is 14.0 Å². The van der Waals surface area contributed by atoms with Crippen molar-refractivity contribution in [1.29, 1.82) is 0 Å². The number of carbonyl (C=O) groups is 1. The van der Waals surface area contributed by atoms with Crippen LogP contribution >= 0.6 is 0 Å². The van der Waals surface area contributed by atoms with Crippen molar-refractivity contribution < 1.29 is 18.7 Å². The molecule has 2 aliphatic heterocycles. The van der Waals surface area contributed by atoms with Crippen LogP contribution in [-0.4, -0.2) is 35.3 Å². The van der Waals surface area contributed by atoms with E-state index in [1.807, 2.05) is 77.8 Å². The maximum atomic E-state index is 14.4. The summed E-state index contributed by atoms with van der Waals surface area (Å²) in [5.74, 6) is -0.288. The maximum Gasteiger partial charge on any atom is 0.277 e. The summed E-state index contributed by atoms with van der Waals surface area (Å²) in [6.45, 7) is 1.08. The molecule has 6 rings (SSSR count). The Labute approximate surface area is 231 Å². The summed E-state index contributed by atoms with van der Waals surface area (Å²) in [6.07, 6.45) is 6.00. The van der Waals surface area contributed by atoms with Gasteiger partial charge in [-0.3, -0.25) is 19.3 Å². The van der Waals surface area contributed by atoms with E-state index in [-0.39, 0.29) is 42.7 Å². The number of hydrogen-bond donors (Lipinski definition) is 0. The SMILES string of the molecule is O=C1c2c(OCc3ccccc3)c(=O)ccn2N2CN1CCC=CCOc1cc(F)ccc1C2c1ccccc1. The lowest BCUT2D eigenvalue weighted by atomic mass is 9.96.